The molecule has 0 aliphatic heterocycles. The molecule has 4 aromatic carbocycles. The molecule has 4 heteroatoms. The largest absolute Gasteiger partial charge is 4.00 e. The number of allylic oxidation sites excluding steroid dienone is 4. The zero-order chi connectivity index (χ0) is 19.5. The van der Waals surface area contributed by atoms with Gasteiger partial charge >= 0.3 is 21.7 Å². The van der Waals surface area contributed by atoms with Gasteiger partial charge in [-0.05, 0) is 17.0 Å². The van der Waals surface area contributed by atoms with Crippen molar-refractivity contribution in [1.29, 1.82) is 0 Å². The molecule has 33 heavy (non-hydrogen) atoms. The van der Waals surface area contributed by atoms with Crippen molar-refractivity contribution in [2.75, 3.05) is 0 Å². The molecule has 0 radical (unpaired) electrons. The molecule has 0 N–H and O–H groups in total. The summed E-state index contributed by atoms with van der Waals surface area (Å²) in [5.74, 6) is 0.101. The van der Waals surface area contributed by atoms with Gasteiger partial charge in [-0.2, -0.15) is 11.6 Å². The molecule has 1 unspecified atom stereocenters. The molecular weight excluding hydrogens is 503 g/mol. The van der Waals surface area contributed by atoms with Crippen molar-refractivity contribution in [3.63, 3.8) is 0 Å². The van der Waals surface area contributed by atoms with Crippen molar-refractivity contribution in [2.45, 2.75) is 5.92 Å². The predicted octanol–water partition coefficient (Wildman–Crippen LogP) is -1.71. The van der Waals surface area contributed by atoms with Gasteiger partial charge in [0.15, 0.2) is 0 Å². The van der Waals surface area contributed by atoms with Crippen molar-refractivity contribution < 1.29 is 58.9 Å². The second-order valence-corrected chi connectivity index (χ2v) is 7.25. The number of hydrogen-bond acceptors (Lipinski definition) is 0. The number of hydrogen-bond donors (Lipinski definition) is 0. The van der Waals surface area contributed by atoms with Crippen LogP contribution in [0.15, 0.2) is 121 Å². The average Bonchev–Trinajstić information content (AvgIpc) is 3.22. The fourth-order valence-corrected chi connectivity index (χ4v) is 4.13. The van der Waals surface area contributed by atoms with E-state index in [1.807, 2.05) is 0 Å². The number of rotatable bonds is 4. The monoisotopic (exact) mass is 522 g/mol. The first-order chi connectivity index (χ1) is 14.4. The number of benzene rings is 4. The van der Waals surface area contributed by atoms with Crippen molar-refractivity contribution >= 4 is 16.7 Å². The Labute approximate surface area is 230 Å². The van der Waals surface area contributed by atoms with Crippen LogP contribution < -0.4 is 37.2 Å². The first kappa shape index (κ1) is 29.0. The minimum Gasteiger partial charge on any atom is -1.00 e. The molecule has 162 valence electrons. The Kier molecular flexibility index (Phi) is 11.9. The molecule has 0 saturated heterocycles. The fourth-order valence-electron chi connectivity index (χ4n) is 4.13. The van der Waals surface area contributed by atoms with Crippen molar-refractivity contribution in [3.05, 3.63) is 150 Å². The minimum absolute atomic E-state index is 0. The van der Waals surface area contributed by atoms with E-state index >= 15 is 0 Å². The molecule has 0 nitrogen and oxygen atoms in total. The van der Waals surface area contributed by atoms with E-state index in [9.17, 15) is 0 Å². The van der Waals surface area contributed by atoms with Crippen LogP contribution in [-0.2, 0) is 21.7 Å². The van der Waals surface area contributed by atoms with Gasteiger partial charge in [0.1, 0.15) is 0 Å². The molecule has 0 fully saturated rings. The zero-order valence-corrected chi connectivity index (χ0v) is 21.6. The van der Waals surface area contributed by atoms with Crippen LogP contribution in [0.2, 0.25) is 0 Å². The van der Waals surface area contributed by atoms with E-state index in [1.54, 1.807) is 0 Å². The second-order valence-electron chi connectivity index (χ2n) is 7.25. The maximum absolute atomic E-state index is 3.86. The summed E-state index contributed by atoms with van der Waals surface area (Å²) in [6.45, 7) is 0. The van der Waals surface area contributed by atoms with Crippen molar-refractivity contribution in [3.8, 4) is 0 Å². The summed E-state index contributed by atoms with van der Waals surface area (Å²) >= 11 is 0. The van der Waals surface area contributed by atoms with Crippen LogP contribution in [-0.4, -0.2) is 0 Å². The van der Waals surface area contributed by atoms with Gasteiger partial charge in [-0.25, -0.2) is 0 Å². The van der Waals surface area contributed by atoms with E-state index in [1.165, 1.54) is 39.0 Å². The molecule has 5 rings (SSSR count). The van der Waals surface area contributed by atoms with Crippen LogP contribution in [0.5, 0.6) is 0 Å². The normalized spacial score (nSPS) is 14.1. The molecule has 0 bridgehead atoms. The SMILES string of the molecule is [C-]1=C(c2ccccc2)C(c2ccccc2)=C(c2ccccc2)C1c1ccccc1.[Cl-].[Cl-].[Cl-].[Ti+4]. The Morgan fingerprint density at radius 2 is 0.848 bits per heavy atom. The molecule has 1 atom stereocenters. The van der Waals surface area contributed by atoms with Crippen LogP contribution in [0.3, 0.4) is 0 Å². The third-order valence-electron chi connectivity index (χ3n) is 5.44. The van der Waals surface area contributed by atoms with Gasteiger partial charge in [0.25, 0.3) is 0 Å². The second kappa shape index (κ2) is 13.6. The van der Waals surface area contributed by atoms with E-state index in [2.05, 4.69) is 127 Å². The Hall–Kier alpha value is -2.06. The standard InChI is InChI=1S/C29H21.3ClH.Ti/c1-5-13-22(14-6-1)26-21-27(23-15-7-2-8-16-23)29(25-19-11-4-12-20-25)28(26)24-17-9-3-10-18-24;;;;/h1-20,26H;3*1H;/q-1;;;;+4/p-3. The van der Waals surface area contributed by atoms with Crippen LogP contribution in [0.25, 0.3) is 16.7 Å². The van der Waals surface area contributed by atoms with Crippen molar-refractivity contribution in [2.24, 2.45) is 0 Å². The molecule has 1 aliphatic carbocycles. The molecule has 0 amide bonds. The molecule has 0 spiro atoms. The maximum Gasteiger partial charge on any atom is 4.00 e. The van der Waals surface area contributed by atoms with Crippen LogP contribution >= 0.6 is 0 Å². The van der Waals surface area contributed by atoms with E-state index in [0.717, 1.165) is 0 Å². The Balaban J connectivity index is 0.00000136. The van der Waals surface area contributed by atoms with Gasteiger partial charge in [0, 0.05) is 0 Å². The summed E-state index contributed by atoms with van der Waals surface area (Å²) in [7, 11) is 0. The Morgan fingerprint density at radius 3 is 1.33 bits per heavy atom. The molecule has 0 aromatic heterocycles. The van der Waals surface area contributed by atoms with E-state index in [0.29, 0.717) is 0 Å². The molecule has 4 aromatic rings. The summed E-state index contributed by atoms with van der Waals surface area (Å²) in [5.41, 5.74) is 8.74. The zero-order valence-electron chi connectivity index (χ0n) is 17.8. The van der Waals surface area contributed by atoms with Crippen molar-refractivity contribution in [1.82, 2.24) is 0 Å². The van der Waals surface area contributed by atoms with Crippen LogP contribution in [0, 0.1) is 6.08 Å². The Bertz CT molecular complexity index is 1170. The van der Waals surface area contributed by atoms with Gasteiger partial charge in [-0.1, -0.05) is 120 Å². The molecule has 0 saturated carbocycles. The van der Waals surface area contributed by atoms with Gasteiger partial charge in [0.05, 0.1) is 0 Å². The minimum atomic E-state index is 0. The predicted molar refractivity (Wildman–Crippen MR) is 122 cm³/mol. The topological polar surface area (TPSA) is 0 Å². The fraction of sp³-hybridized carbons (Fsp3) is 0.0345. The smallest absolute Gasteiger partial charge is 1.00 e. The van der Waals surface area contributed by atoms with E-state index in [-0.39, 0.29) is 64.9 Å². The first-order valence-corrected chi connectivity index (χ1v) is 10.0. The summed E-state index contributed by atoms with van der Waals surface area (Å²) in [5, 5.41) is 0. The summed E-state index contributed by atoms with van der Waals surface area (Å²) in [6, 6.07) is 42.8. The molecular formula is C29H21Cl3Ti. The quantitative estimate of drug-likeness (QED) is 0.221. The third-order valence-corrected chi connectivity index (χ3v) is 5.44. The first-order valence-electron chi connectivity index (χ1n) is 10.0. The third kappa shape index (κ3) is 6.09. The van der Waals surface area contributed by atoms with Gasteiger partial charge in [-0.15, -0.1) is 23.3 Å². The molecule has 1 aliphatic rings. The van der Waals surface area contributed by atoms with Crippen LogP contribution in [0.4, 0.5) is 0 Å². The van der Waals surface area contributed by atoms with Gasteiger partial charge in [0.2, 0.25) is 0 Å². The maximum atomic E-state index is 3.86. The Morgan fingerprint density at radius 1 is 0.455 bits per heavy atom. The summed E-state index contributed by atoms with van der Waals surface area (Å²) in [6.07, 6.45) is 3.86. The summed E-state index contributed by atoms with van der Waals surface area (Å²) < 4.78 is 0. The van der Waals surface area contributed by atoms with Crippen LogP contribution in [0.1, 0.15) is 28.2 Å². The molecule has 0 heterocycles. The average molecular weight is 524 g/mol. The number of halogens is 3. The van der Waals surface area contributed by atoms with E-state index in [4.69, 9.17) is 0 Å². The van der Waals surface area contributed by atoms with E-state index < -0.39 is 0 Å². The summed E-state index contributed by atoms with van der Waals surface area (Å²) in [4.78, 5) is 0. The van der Waals surface area contributed by atoms with Gasteiger partial charge in [-0.3, -0.25) is 0 Å². The van der Waals surface area contributed by atoms with Gasteiger partial charge < -0.3 is 37.2 Å².